The van der Waals surface area contributed by atoms with Crippen molar-refractivity contribution < 1.29 is 9.53 Å². The topological polar surface area (TPSA) is 67.4 Å². The van der Waals surface area contributed by atoms with Gasteiger partial charge in [-0.2, -0.15) is 0 Å². The van der Waals surface area contributed by atoms with Crippen LogP contribution < -0.4 is 5.32 Å². The van der Waals surface area contributed by atoms with Gasteiger partial charge in [-0.1, -0.05) is 18.3 Å². The summed E-state index contributed by atoms with van der Waals surface area (Å²) in [6.07, 6.45) is 4.84. The Balaban J connectivity index is 1.93. The number of nitrogens with one attached hydrogen (secondary N) is 1. The Morgan fingerprint density at radius 3 is 2.79 bits per heavy atom. The maximum atomic E-state index is 12.5. The van der Waals surface area contributed by atoms with Gasteiger partial charge in [0.2, 0.25) is 5.13 Å². The summed E-state index contributed by atoms with van der Waals surface area (Å²) in [5.41, 5.74) is -0.452. The first-order chi connectivity index (χ1) is 11.3. The third-order valence-corrected chi connectivity index (χ3v) is 5.02. The number of nitrogens with zero attached hydrogens (tertiary/aromatic N) is 3. The minimum atomic E-state index is -0.452. The van der Waals surface area contributed by atoms with Gasteiger partial charge in [0.1, 0.15) is 10.6 Å². The van der Waals surface area contributed by atoms with E-state index < -0.39 is 5.60 Å². The molecule has 1 amide bonds. The molecule has 0 aliphatic carbocycles. The molecule has 0 spiro atoms. The summed E-state index contributed by atoms with van der Waals surface area (Å²) in [4.78, 5) is 14.4. The second-order valence-corrected chi connectivity index (χ2v) is 8.52. The van der Waals surface area contributed by atoms with Crippen molar-refractivity contribution in [2.24, 2.45) is 0 Å². The molecule has 1 fully saturated rings. The molecule has 6 nitrogen and oxygen atoms in total. The molecule has 1 aromatic rings. The van der Waals surface area contributed by atoms with Crippen molar-refractivity contribution in [2.45, 2.75) is 84.4 Å². The first-order valence-corrected chi connectivity index (χ1v) is 9.68. The van der Waals surface area contributed by atoms with Gasteiger partial charge in [-0.05, 0) is 59.8 Å². The van der Waals surface area contributed by atoms with Crippen LogP contribution in [0.3, 0.4) is 0 Å². The van der Waals surface area contributed by atoms with Gasteiger partial charge in [-0.25, -0.2) is 4.79 Å². The van der Waals surface area contributed by atoms with E-state index in [1.807, 2.05) is 25.7 Å². The van der Waals surface area contributed by atoms with Crippen molar-refractivity contribution in [1.29, 1.82) is 0 Å². The minimum Gasteiger partial charge on any atom is -0.444 e. The number of piperidine rings is 1. The molecule has 0 radical (unpaired) electrons. The van der Waals surface area contributed by atoms with Crippen LogP contribution in [0.15, 0.2) is 0 Å². The highest BCUT2D eigenvalue weighted by Gasteiger charge is 2.31. The van der Waals surface area contributed by atoms with E-state index in [1.54, 1.807) is 11.3 Å². The first-order valence-electron chi connectivity index (χ1n) is 8.87. The zero-order chi connectivity index (χ0) is 17.7. The van der Waals surface area contributed by atoms with Crippen molar-refractivity contribution in [3.63, 3.8) is 0 Å². The van der Waals surface area contributed by atoms with E-state index in [2.05, 4.69) is 29.4 Å². The molecule has 2 unspecified atom stereocenters. The highest BCUT2D eigenvalue weighted by molar-refractivity contribution is 7.15. The van der Waals surface area contributed by atoms with E-state index >= 15 is 0 Å². The standard InChI is InChI=1S/C17H30N4O2S/c1-6-14-19-20-15(24-14)18-12(2)11-13-9-7-8-10-21(13)16(22)23-17(3,4)5/h12-13H,6-11H2,1-5H3,(H,18,20). The zero-order valence-electron chi connectivity index (χ0n) is 15.5. The zero-order valence-corrected chi connectivity index (χ0v) is 16.3. The van der Waals surface area contributed by atoms with Gasteiger partial charge in [0.25, 0.3) is 0 Å². The van der Waals surface area contributed by atoms with Crippen molar-refractivity contribution in [3.8, 4) is 0 Å². The predicted octanol–water partition coefficient (Wildman–Crippen LogP) is 4.08. The van der Waals surface area contributed by atoms with Crippen LogP contribution in [0.1, 0.15) is 65.3 Å². The number of rotatable bonds is 5. The van der Waals surface area contributed by atoms with Crippen LogP contribution in [0.2, 0.25) is 0 Å². The number of ether oxygens (including phenoxy) is 1. The van der Waals surface area contributed by atoms with Gasteiger partial charge < -0.3 is 15.0 Å². The molecule has 0 bridgehead atoms. The molecule has 136 valence electrons. The van der Waals surface area contributed by atoms with Gasteiger partial charge in [-0.15, -0.1) is 10.2 Å². The quantitative estimate of drug-likeness (QED) is 0.863. The molecular formula is C17H30N4O2S. The summed E-state index contributed by atoms with van der Waals surface area (Å²) in [6.45, 7) is 10.7. The number of likely N-dealkylation sites (tertiary alicyclic amines) is 1. The molecule has 1 saturated heterocycles. The maximum absolute atomic E-state index is 12.5. The summed E-state index contributed by atoms with van der Waals surface area (Å²) in [5.74, 6) is 0. The largest absolute Gasteiger partial charge is 0.444 e. The normalized spacial score (nSPS) is 19.9. The lowest BCUT2D eigenvalue weighted by atomic mass is 9.97. The Kier molecular flexibility index (Phi) is 6.43. The molecule has 2 heterocycles. The molecule has 24 heavy (non-hydrogen) atoms. The van der Waals surface area contributed by atoms with Gasteiger partial charge >= 0.3 is 6.09 Å². The summed E-state index contributed by atoms with van der Waals surface area (Å²) >= 11 is 1.60. The van der Waals surface area contributed by atoms with E-state index in [0.29, 0.717) is 0 Å². The Hall–Kier alpha value is -1.37. The molecule has 1 aliphatic heterocycles. The van der Waals surface area contributed by atoms with Gasteiger partial charge in [0, 0.05) is 18.6 Å². The summed E-state index contributed by atoms with van der Waals surface area (Å²) in [5, 5.41) is 13.6. The number of carbonyl (C=O) groups excluding carboxylic acids is 1. The Morgan fingerprint density at radius 1 is 1.42 bits per heavy atom. The summed E-state index contributed by atoms with van der Waals surface area (Å²) < 4.78 is 5.57. The molecule has 1 N–H and O–H groups in total. The van der Waals surface area contributed by atoms with Crippen LogP contribution in [0, 0.1) is 0 Å². The molecule has 7 heteroatoms. The van der Waals surface area contributed by atoms with Crippen LogP contribution in [0.4, 0.5) is 9.93 Å². The SMILES string of the molecule is CCc1nnc(NC(C)CC2CCCCN2C(=O)OC(C)(C)C)s1. The summed E-state index contributed by atoms with van der Waals surface area (Å²) in [6, 6.07) is 0.449. The lowest BCUT2D eigenvalue weighted by Crippen LogP contribution is -2.47. The predicted molar refractivity (Wildman–Crippen MR) is 97.6 cm³/mol. The lowest BCUT2D eigenvalue weighted by molar-refractivity contribution is 0.00852. The van der Waals surface area contributed by atoms with Crippen molar-refractivity contribution in [2.75, 3.05) is 11.9 Å². The van der Waals surface area contributed by atoms with E-state index in [4.69, 9.17) is 4.74 Å². The third kappa shape index (κ3) is 5.61. The molecule has 1 aliphatic rings. The molecule has 2 rings (SSSR count). The highest BCUT2D eigenvalue weighted by atomic mass is 32.1. The van der Waals surface area contributed by atoms with Crippen LogP contribution in [0.25, 0.3) is 0 Å². The fourth-order valence-electron chi connectivity index (χ4n) is 2.94. The fraction of sp³-hybridized carbons (Fsp3) is 0.824. The number of carbonyl (C=O) groups is 1. The van der Waals surface area contributed by atoms with Gasteiger partial charge in [-0.3, -0.25) is 0 Å². The van der Waals surface area contributed by atoms with Gasteiger partial charge in [0.05, 0.1) is 0 Å². The number of aromatic nitrogens is 2. The Bertz CT molecular complexity index is 541. The molecule has 0 aromatic carbocycles. The number of anilines is 1. The maximum Gasteiger partial charge on any atom is 0.410 e. The molecular weight excluding hydrogens is 324 g/mol. The Morgan fingerprint density at radius 2 is 2.17 bits per heavy atom. The van der Waals surface area contributed by atoms with Gasteiger partial charge in [0.15, 0.2) is 0 Å². The first kappa shape index (κ1) is 19.0. The minimum absolute atomic E-state index is 0.191. The molecule has 0 saturated carbocycles. The van der Waals surface area contributed by atoms with Crippen LogP contribution in [-0.4, -0.2) is 45.4 Å². The van der Waals surface area contributed by atoms with Crippen LogP contribution >= 0.6 is 11.3 Å². The fourth-order valence-corrected chi connectivity index (χ4v) is 3.73. The monoisotopic (exact) mass is 354 g/mol. The second-order valence-electron chi connectivity index (χ2n) is 7.46. The second kappa shape index (κ2) is 8.14. The lowest BCUT2D eigenvalue weighted by Gasteiger charge is -2.38. The Labute approximate surface area is 149 Å². The van der Waals surface area contributed by atoms with Crippen molar-refractivity contribution in [3.05, 3.63) is 5.01 Å². The number of amides is 1. The molecule has 1 aromatic heterocycles. The highest BCUT2D eigenvalue weighted by Crippen LogP contribution is 2.25. The number of hydrogen-bond acceptors (Lipinski definition) is 6. The smallest absolute Gasteiger partial charge is 0.410 e. The van der Waals surface area contributed by atoms with E-state index in [1.165, 1.54) is 0 Å². The number of hydrogen-bond donors (Lipinski definition) is 1. The summed E-state index contributed by atoms with van der Waals surface area (Å²) in [7, 11) is 0. The third-order valence-electron chi connectivity index (χ3n) is 4.02. The van der Waals surface area contributed by atoms with E-state index in [9.17, 15) is 4.79 Å². The van der Waals surface area contributed by atoms with E-state index in [0.717, 1.165) is 48.8 Å². The van der Waals surface area contributed by atoms with Crippen molar-refractivity contribution >= 4 is 22.6 Å². The van der Waals surface area contributed by atoms with Crippen LogP contribution in [0.5, 0.6) is 0 Å². The number of aryl methyl sites for hydroxylation is 1. The van der Waals surface area contributed by atoms with Crippen molar-refractivity contribution in [1.82, 2.24) is 15.1 Å². The van der Waals surface area contributed by atoms with E-state index in [-0.39, 0.29) is 18.2 Å². The average Bonchev–Trinajstić information content (AvgIpc) is 2.93. The molecule has 2 atom stereocenters. The van der Waals surface area contributed by atoms with Crippen LogP contribution in [-0.2, 0) is 11.2 Å². The average molecular weight is 355 g/mol.